The smallest absolute Gasteiger partial charge is 0.260 e. The van der Waals surface area contributed by atoms with Crippen molar-refractivity contribution in [1.29, 1.82) is 0 Å². The first-order chi connectivity index (χ1) is 8.54. The minimum Gasteiger partial charge on any atom is -0.316 e. The van der Waals surface area contributed by atoms with E-state index < -0.39 is 10.0 Å². The Morgan fingerprint density at radius 2 is 2.22 bits per heavy atom. The molecule has 2 rings (SSSR count). The van der Waals surface area contributed by atoms with E-state index in [-0.39, 0.29) is 11.1 Å². The molecule has 100 valence electrons. The van der Waals surface area contributed by atoms with Gasteiger partial charge in [0.2, 0.25) is 0 Å². The lowest BCUT2D eigenvalue weighted by Crippen LogP contribution is -2.47. The topological polar surface area (TPSA) is 62.3 Å². The van der Waals surface area contributed by atoms with Crippen LogP contribution in [0.2, 0.25) is 0 Å². The highest BCUT2D eigenvalue weighted by molar-refractivity contribution is 7.89. The largest absolute Gasteiger partial charge is 0.316 e. The van der Waals surface area contributed by atoms with Crippen LogP contribution >= 0.6 is 0 Å². The highest BCUT2D eigenvalue weighted by atomic mass is 32.2. The molecule has 1 fully saturated rings. The number of pyridine rings is 1. The van der Waals surface area contributed by atoms with Gasteiger partial charge in [-0.2, -0.15) is 4.31 Å². The third-order valence-electron chi connectivity index (χ3n) is 3.28. The van der Waals surface area contributed by atoms with Crippen molar-refractivity contribution in [3.8, 4) is 0 Å². The summed E-state index contributed by atoms with van der Waals surface area (Å²) in [6.45, 7) is 2.99. The number of nitrogens with one attached hydrogen (secondary N) is 1. The molecule has 0 aromatic carbocycles. The van der Waals surface area contributed by atoms with Crippen LogP contribution in [0.15, 0.2) is 23.4 Å². The Kier molecular flexibility index (Phi) is 3.99. The van der Waals surface area contributed by atoms with Crippen molar-refractivity contribution in [1.82, 2.24) is 14.6 Å². The van der Waals surface area contributed by atoms with Crippen LogP contribution in [-0.4, -0.2) is 43.9 Å². The lowest BCUT2D eigenvalue weighted by Gasteiger charge is -2.31. The molecule has 0 radical (unpaired) electrons. The zero-order chi connectivity index (χ0) is 13.2. The molecule has 0 unspecified atom stereocenters. The summed E-state index contributed by atoms with van der Waals surface area (Å²) < 4.78 is 26.3. The van der Waals surface area contributed by atoms with Crippen LogP contribution in [0.4, 0.5) is 0 Å². The van der Waals surface area contributed by atoms with Gasteiger partial charge in [0.1, 0.15) is 0 Å². The average Bonchev–Trinajstić information content (AvgIpc) is 2.39. The second-order valence-electron chi connectivity index (χ2n) is 4.66. The monoisotopic (exact) mass is 269 g/mol. The van der Waals surface area contributed by atoms with E-state index in [1.807, 2.05) is 14.0 Å². The number of hydrogen-bond acceptors (Lipinski definition) is 4. The van der Waals surface area contributed by atoms with Crippen molar-refractivity contribution < 1.29 is 8.42 Å². The molecule has 0 amide bonds. The number of hydrogen-bond donors (Lipinski definition) is 1. The molecule has 1 aliphatic rings. The molecule has 18 heavy (non-hydrogen) atoms. The van der Waals surface area contributed by atoms with E-state index in [2.05, 4.69) is 10.3 Å². The summed E-state index contributed by atoms with van der Waals surface area (Å²) in [6.07, 6.45) is 3.49. The van der Waals surface area contributed by atoms with Gasteiger partial charge in [-0.15, -0.1) is 0 Å². The van der Waals surface area contributed by atoms with Gasteiger partial charge in [0.15, 0.2) is 5.03 Å². The fourth-order valence-corrected chi connectivity index (χ4v) is 3.57. The Morgan fingerprint density at radius 3 is 2.83 bits per heavy atom. The molecule has 1 N–H and O–H groups in total. The highest BCUT2D eigenvalue weighted by Gasteiger charge is 2.30. The van der Waals surface area contributed by atoms with Crippen molar-refractivity contribution in [2.24, 2.45) is 0 Å². The van der Waals surface area contributed by atoms with Crippen molar-refractivity contribution in [3.05, 3.63) is 23.9 Å². The number of rotatable bonds is 3. The predicted octanol–water partition coefficient (Wildman–Crippen LogP) is 0.763. The van der Waals surface area contributed by atoms with E-state index in [1.54, 1.807) is 18.3 Å². The summed E-state index contributed by atoms with van der Waals surface area (Å²) in [5.74, 6) is 0. The van der Waals surface area contributed by atoms with Crippen LogP contribution in [0.5, 0.6) is 0 Å². The van der Waals surface area contributed by atoms with Crippen LogP contribution < -0.4 is 5.32 Å². The molecule has 0 aliphatic carbocycles. The normalized spacial score (nSPS) is 22.0. The first kappa shape index (κ1) is 13.5. The molecule has 6 heteroatoms. The molecule has 2 heterocycles. The van der Waals surface area contributed by atoms with E-state index in [9.17, 15) is 8.42 Å². The molecule has 1 aliphatic heterocycles. The number of aromatic nitrogens is 1. The Morgan fingerprint density at radius 1 is 1.44 bits per heavy atom. The SMILES string of the molecule is CN[C@H]1CCCN(S(=O)(=O)c2ccc(C)cn2)C1. The predicted molar refractivity (Wildman–Crippen MR) is 69.8 cm³/mol. The Balaban J connectivity index is 2.22. The number of aryl methyl sites for hydroxylation is 1. The standard InChI is InChI=1S/C12H19N3O2S/c1-10-5-6-12(14-8-10)18(16,17)15-7-3-4-11(9-15)13-2/h5-6,8,11,13H,3-4,7,9H2,1-2H3/t11-/m0/s1. The van der Waals surface area contributed by atoms with Gasteiger partial charge in [-0.1, -0.05) is 6.07 Å². The molecule has 5 nitrogen and oxygen atoms in total. The zero-order valence-electron chi connectivity index (χ0n) is 10.8. The van der Waals surface area contributed by atoms with Gasteiger partial charge in [-0.3, -0.25) is 0 Å². The number of likely N-dealkylation sites (N-methyl/N-ethyl adjacent to an activating group) is 1. The number of piperidine rings is 1. The van der Waals surface area contributed by atoms with E-state index >= 15 is 0 Å². The van der Waals surface area contributed by atoms with Gasteiger partial charge in [0, 0.05) is 25.3 Å². The van der Waals surface area contributed by atoms with E-state index in [4.69, 9.17) is 0 Å². The molecule has 0 saturated carbocycles. The summed E-state index contributed by atoms with van der Waals surface area (Å²) in [5.41, 5.74) is 0.959. The van der Waals surface area contributed by atoms with Crippen LogP contribution in [0.1, 0.15) is 18.4 Å². The van der Waals surface area contributed by atoms with Crippen LogP contribution in [0, 0.1) is 6.92 Å². The van der Waals surface area contributed by atoms with Crippen molar-refractivity contribution in [2.45, 2.75) is 30.8 Å². The summed E-state index contributed by atoms with van der Waals surface area (Å²) in [5, 5.41) is 3.28. The van der Waals surface area contributed by atoms with Crippen LogP contribution in [-0.2, 0) is 10.0 Å². The second-order valence-corrected chi connectivity index (χ2v) is 6.55. The molecule has 0 bridgehead atoms. The third kappa shape index (κ3) is 2.71. The van der Waals surface area contributed by atoms with Gasteiger partial charge in [0.25, 0.3) is 10.0 Å². The van der Waals surface area contributed by atoms with E-state index in [1.165, 1.54) is 4.31 Å². The molecule has 1 atom stereocenters. The van der Waals surface area contributed by atoms with E-state index in [0.717, 1.165) is 18.4 Å². The molecule has 1 aromatic heterocycles. The number of sulfonamides is 1. The zero-order valence-corrected chi connectivity index (χ0v) is 11.6. The first-order valence-corrected chi connectivity index (χ1v) is 7.58. The Hall–Kier alpha value is -0.980. The molecular formula is C12H19N3O2S. The average molecular weight is 269 g/mol. The summed E-state index contributed by atoms with van der Waals surface area (Å²) in [7, 11) is -1.57. The molecule has 1 aromatic rings. The minimum atomic E-state index is -3.44. The molecule has 1 saturated heterocycles. The van der Waals surface area contributed by atoms with Gasteiger partial charge >= 0.3 is 0 Å². The van der Waals surface area contributed by atoms with Crippen molar-refractivity contribution in [2.75, 3.05) is 20.1 Å². The van der Waals surface area contributed by atoms with Gasteiger partial charge in [-0.25, -0.2) is 13.4 Å². The summed E-state index contributed by atoms with van der Waals surface area (Å²) >= 11 is 0. The minimum absolute atomic E-state index is 0.143. The van der Waals surface area contributed by atoms with E-state index in [0.29, 0.717) is 13.1 Å². The van der Waals surface area contributed by atoms with Gasteiger partial charge in [0.05, 0.1) is 0 Å². The fraction of sp³-hybridized carbons (Fsp3) is 0.583. The lowest BCUT2D eigenvalue weighted by atomic mass is 10.1. The van der Waals surface area contributed by atoms with Crippen LogP contribution in [0.3, 0.4) is 0 Å². The second kappa shape index (κ2) is 5.34. The third-order valence-corrected chi connectivity index (χ3v) is 5.06. The van der Waals surface area contributed by atoms with Crippen molar-refractivity contribution >= 4 is 10.0 Å². The summed E-state index contributed by atoms with van der Waals surface area (Å²) in [6, 6.07) is 3.59. The molecule has 0 spiro atoms. The van der Waals surface area contributed by atoms with Crippen LogP contribution in [0.25, 0.3) is 0 Å². The maximum absolute atomic E-state index is 12.4. The van der Waals surface area contributed by atoms with Gasteiger partial charge in [-0.05, 0) is 38.4 Å². The maximum Gasteiger partial charge on any atom is 0.260 e. The lowest BCUT2D eigenvalue weighted by molar-refractivity contribution is 0.292. The highest BCUT2D eigenvalue weighted by Crippen LogP contribution is 2.19. The quantitative estimate of drug-likeness (QED) is 0.880. The first-order valence-electron chi connectivity index (χ1n) is 6.14. The number of nitrogens with zero attached hydrogens (tertiary/aromatic N) is 2. The summed E-state index contributed by atoms with van der Waals surface area (Å²) in [4.78, 5) is 4.03. The Bertz CT molecular complexity index is 499. The fourth-order valence-electron chi connectivity index (χ4n) is 2.14. The Labute approximate surface area is 108 Å². The molecular weight excluding hydrogens is 250 g/mol. The van der Waals surface area contributed by atoms with Gasteiger partial charge < -0.3 is 5.32 Å². The van der Waals surface area contributed by atoms with Crippen molar-refractivity contribution in [3.63, 3.8) is 0 Å². The maximum atomic E-state index is 12.4.